The van der Waals surface area contributed by atoms with E-state index in [2.05, 4.69) is 31.4 Å². The van der Waals surface area contributed by atoms with Gasteiger partial charge in [0.15, 0.2) is 0 Å². The van der Waals surface area contributed by atoms with E-state index in [-0.39, 0.29) is 0 Å². The summed E-state index contributed by atoms with van der Waals surface area (Å²) in [5.41, 5.74) is 0.377. The molecule has 1 saturated heterocycles. The summed E-state index contributed by atoms with van der Waals surface area (Å²) in [4.78, 5) is 2.78. The van der Waals surface area contributed by atoms with Crippen LogP contribution in [0.15, 0.2) is 0 Å². The highest BCUT2D eigenvalue weighted by molar-refractivity contribution is 7.80. The van der Waals surface area contributed by atoms with Crippen LogP contribution in [0.3, 0.4) is 0 Å². The van der Waals surface area contributed by atoms with Crippen LogP contribution in [-0.4, -0.2) is 29.8 Å². The van der Waals surface area contributed by atoms with Gasteiger partial charge in [-0.05, 0) is 49.3 Å². The molecule has 1 saturated carbocycles. The number of fused-ring (bicyclic) bond motifs is 1. The normalized spacial score (nSPS) is 32.4. The lowest BCUT2D eigenvalue weighted by Gasteiger charge is -2.46. The molecule has 94 valence electrons. The second-order valence-corrected chi connectivity index (χ2v) is 6.86. The van der Waals surface area contributed by atoms with Crippen molar-refractivity contribution in [3.8, 4) is 0 Å². The lowest BCUT2D eigenvalue weighted by molar-refractivity contribution is 0.0370. The molecule has 0 aromatic carbocycles. The third-order valence-electron chi connectivity index (χ3n) is 4.42. The number of piperidine rings is 1. The molecule has 0 radical (unpaired) electrons. The van der Waals surface area contributed by atoms with E-state index in [1.807, 2.05) is 0 Å². The van der Waals surface area contributed by atoms with E-state index in [0.29, 0.717) is 5.41 Å². The van der Waals surface area contributed by atoms with Crippen LogP contribution in [0.5, 0.6) is 0 Å². The molecule has 0 unspecified atom stereocenters. The van der Waals surface area contributed by atoms with Crippen molar-refractivity contribution in [1.29, 1.82) is 0 Å². The lowest BCUT2D eigenvalue weighted by atomic mass is 9.77. The minimum absolute atomic E-state index is 0.377. The van der Waals surface area contributed by atoms with Gasteiger partial charge in [-0.1, -0.05) is 26.7 Å². The third kappa shape index (κ3) is 2.95. The maximum Gasteiger partial charge on any atom is 0.0124 e. The molecule has 1 aliphatic carbocycles. The van der Waals surface area contributed by atoms with E-state index in [1.54, 1.807) is 0 Å². The molecule has 0 N–H and O–H groups in total. The monoisotopic (exact) mass is 241 g/mol. The van der Waals surface area contributed by atoms with E-state index in [1.165, 1.54) is 51.6 Å². The Morgan fingerprint density at radius 2 is 1.81 bits per heavy atom. The van der Waals surface area contributed by atoms with Crippen molar-refractivity contribution in [1.82, 2.24) is 4.90 Å². The first kappa shape index (κ1) is 12.8. The molecule has 0 aromatic rings. The van der Waals surface area contributed by atoms with Crippen LogP contribution in [0.2, 0.25) is 0 Å². The molecular weight excluding hydrogens is 214 g/mol. The summed E-state index contributed by atoms with van der Waals surface area (Å²) >= 11 is 4.49. The second-order valence-electron chi connectivity index (χ2n) is 6.55. The smallest absolute Gasteiger partial charge is 0.0124 e. The second kappa shape index (κ2) is 5.30. The van der Waals surface area contributed by atoms with Gasteiger partial charge in [0.2, 0.25) is 0 Å². The number of nitrogens with zero attached hydrogens (tertiary/aromatic N) is 1. The van der Waals surface area contributed by atoms with Gasteiger partial charge in [-0.25, -0.2) is 0 Å². The summed E-state index contributed by atoms with van der Waals surface area (Å²) in [5.74, 6) is 2.01. The SMILES string of the molecule is CC(C)(CS)CN1CCC[C@H]2CCCC[C@H]21. The van der Waals surface area contributed by atoms with Gasteiger partial charge in [0, 0.05) is 12.6 Å². The van der Waals surface area contributed by atoms with Gasteiger partial charge in [0.05, 0.1) is 0 Å². The molecule has 2 atom stereocenters. The summed E-state index contributed by atoms with van der Waals surface area (Å²) in [6, 6.07) is 0.904. The Bertz CT molecular complexity index is 225. The van der Waals surface area contributed by atoms with E-state index in [9.17, 15) is 0 Å². The molecule has 0 amide bonds. The van der Waals surface area contributed by atoms with E-state index in [4.69, 9.17) is 0 Å². The van der Waals surface area contributed by atoms with Crippen LogP contribution in [0.25, 0.3) is 0 Å². The molecule has 1 aliphatic heterocycles. The van der Waals surface area contributed by atoms with E-state index in [0.717, 1.165) is 17.7 Å². The predicted octanol–water partition coefficient (Wildman–Crippen LogP) is 3.60. The average Bonchev–Trinajstić information content (AvgIpc) is 2.29. The van der Waals surface area contributed by atoms with Gasteiger partial charge in [-0.2, -0.15) is 12.6 Å². The number of likely N-dealkylation sites (tertiary alicyclic amines) is 1. The molecule has 1 nitrogen and oxygen atoms in total. The van der Waals surface area contributed by atoms with Crippen molar-refractivity contribution in [2.75, 3.05) is 18.8 Å². The van der Waals surface area contributed by atoms with Crippen LogP contribution >= 0.6 is 12.6 Å². The molecule has 0 aromatic heterocycles. The van der Waals surface area contributed by atoms with E-state index >= 15 is 0 Å². The Morgan fingerprint density at radius 3 is 2.56 bits per heavy atom. The van der Waals surface area contributed by atoms with Crippen LogP contribution in [0.1, 0.15) is 52.4 Å². The summed E-state index contributed by atoms with van der Waals surface area (Å²) in [6.45, 7) is 7.29. The first-order chi connectivity index (χ1) is 7.62. The summed E-state index contributed by atoms with van der Waals surface area (Å²) < 4.78 is 0. The van der Waals surface area contributed by atoms with Gasteiger partial charge in [0.25, 0.3) is 0 Å². The highest BCUT2D eigenvalue weighted by atomic mass is 32.1. The molecule has 2 rings (SSSR count). The molecule has 2 heteroatoms. The Morgan fingerprint density at radius 1 is 1.12 bits per heavy atom. The average molecular weight is 241 g/mol. The number of hydrogen-bond donors (Lipinski definition) is 1. The molecular formula is C14H27NS. The number of rotatable bonds is 3. The number of hydrogen-bond acceptors (Lipinski definition) is 2. The largest absolute Gasteiger partial charge is 0.300 e. The Hall–Kier alpha value is 0.310. The fraction of sp³-hybridized carbons (Fsp3) is 1.00. The zero-order valence-electron chi connectivity index (χ0n) is 10.9. The van der Waals surface area contributed by atoms with Gasteiger partial charge in [-0.3, -0.25) is 4.90 Å². The minimum Gasteiger partial charge on any atom is -0.300 e. The summed E-state index contributed by atoms with van der Waals surface area (Å²) in [5, 5.41) is 0. The van der Waals surface area contributed by atoms with Crippen molar-refractivity contribution < 1.29 is 0 Å². The zero-order valence-corrected chi connectivity index (χ0v) is 11.8. The van der Waals surface area contributed by atoms with Crippen LogP contribution < -0.4 is 0 Å². The maximum atomic E-state index is 4.49. The van der Waals surface area contributed by atoms with Gasteiger partial charge < -0.3 is 0 Å². The summed E-state index contributed by atoms with van der Waals surface area (Å²) in [7, 11) is 0. The summed E-state index contributed by atoms with van der Waals surface area (Å²) in [6.07, 6.45) is 8.78. The molecule has 2 aliphatic rings. The van der Waals surface area contributed by atoms with Gasteiger partial charge in [-0.15, -0.1) is 0 Å². The first-order valence-electron chi connectivity index (χ1n) is 6.97. The maximum absolute atomic E-state index is 4.49. The zero-order chi connectivity index (χ0) is 11.6. The highest BCUT2D eigenvalue weighted by Gasteiger charge is 2.35. The lowest BCUT2D eigenvalue weighted by Crippen LogP contribution is -2.50. The predicted molar refractivity (Wildman–Crippen MR) is 74.2 cm³/mol. The minimum atomic E-state index is 0.377. The standard InChI is InChI=1S/C14H27NS/c1-14(2,11-16)10-15-9-5-7-12-6-3-4-8-13(12)15/h12-13,16H,3-11H2,1-2H3/t12-,13-/m1/s1. The molecule has 0 bridgehead atoms. The first-order valence-corrected chi connectivity index (χ1v) is 7.60. The Labute approximate surface area is 106 Å². The fourth-order valence-electron chi connectivity index (χ4n) is 3.52. The molecule has 16 heavy (non-hydrogen) atoms. The Kier molecular flexibility index (Phi) is 4.23. The van der Waals surface area contributed by atoms with Crippen molar-refractivity contribution in [2.45, 2.75) is 58.4 Å². The van der Waals surface area contributed by atoms with Crippen LogP contribution in [0, 0.1) is 11.3 Å². The van der Waals surface area contributed by atoms with Crippen molar-refractivity contribution in [2.24, 2.45) is 11.3 Å². The Balaban J connectivity index is 1.97. The number of thiol groups is 1. The van der Waals surface area contributed by atoms with Crippen molar-refractivity contribution in [3.05, 3.63) is 0 Å². The van der Waals surface area contributed by atoms with Crippen molar-refractivity contribution in [3.63, 3.8) is 0 Å². The van der Waals surface area contributed by atoms with E-state index < -0.39 is 0 Å². The van der Waals surface area contributed by atoms with Crippen LogP contribution in [-0.2, 0) is 0 Å². The quantitative estimate of drug-likeness (QED) is 0.739. The fourth-order valence-corrected chi connectivity index (χ4v) is 3.62. The van der Waals surface area contributed by atoms with Gasteiger partial charge in [0.1, 0.15) is 0 Å². The molecule has 0 spiro atoms. The highest BCUT2D eigenvalue weighted by Crippen LogP contribution is 2.36. The molecule has 1 heterocycles. The molecule has 2 fully saturated rings. The van der Waals surface area contributed by atoms with Crippen molar-refractivity contribution >= 4 is 12.6 Å². The topological polar surface area (TPSA) is 3.24 Å². The van der Waals surface area contributed by atoms with Gasteiger partial charge >= 0.3 is 0 Å². The van der Waals surface area contributed by atoms with Crippen LogP contribution in [0.4, 0.5) is 0 Å². The third-order valence-corrected chi connectivity index (χ3v) is 5.27.